The highest BCUT2D eigenvalue weighted by Crippen LogP contribution is 2.17. The summed E-state index contributed by atoms with van der Waals surface area (Å²) in [5, 5.41) is 3.34. The molecule has 2 aromatic rings. The Hall–Kier alpha value is -1.35. The number of aromatic nitrogens is 2. The van der Waals surface area contributed by atoms with E-state index in [-0.39, 0.29) is 0 Å². The number of rotatable bonds is 5. The zero-order chi connectivity index (χ0) is 12.3. The minimum atomic E-state index is 0.987. The fourth-order valence-electron chi connectivity index (χ4n) is 2.12. The van der Waals surface area contributed by atoms with Gasteiger partial charge in [-0.05, 0) is 30.7 Å². The van der Waals surface area contributed by atoms with E-state index in [9.17, 15) is 0 Å². The maximum absolute atomic E-state index is 4.72. The first-order valence-corrected chi connectivity index (χ1v) is 6.41. The van der Waals surface area contributed by atoms with Crippen molar-refractivity contribution < 1.29 is 0 Å². The second-order valence-electron chi connectivity index (χ2n) is 4.37. The van der Waals surface area contributed by atoms with Gasteiger partial charge in [0.15, 0.2) is 0 Å². The molecule has 3 nitrogen and oxygen atoms in total. The summed E-state index contributed by atoms with van der Waals surface area (Å²) < 4.78 is 2.20. The molecule has 0 atom stereocenters. The summed E-state index contributed by atoms with van der Waals surface area (Å²) in [5.41, 5.74) is 3.71. The summed E-state index contributed by atoms with van der Waals surface area (Å²) in [7, 11) is 2.10. The van der Waals surface area contributed by atoms with Crippen molar-refractivity contribution in [2.45, 2.75) is 26.7 Å². The van der Waals surface area contributed by atoms with Crippen LogP contribution in [0.4, 0.5) is 0 Å². The lowest BCUT2D eigenvalue weighted by Crippen LogP contribution is -2.17. The van der Waals surface area contributed by atoms with E-state index in [1.807, 2.05) is 0 Å². The standard InChI is InChI=1S/C14H21N3/c1-4-11-6-7-13-12(10-11)16-14(17(13)3)8-9-15-5-2/h6-7,10,15H,4-5,8-9H2,1-3H3. The average Bonchev–Trinajstić information content (AvgIpc) is 2.66. The minimum absolute atomic E-state index is 0.987. The number of hydrogen-bond donors (Lipinski definition) is 1. The van der Waals surface area contributed by atoms with Crippen molar-refractivity contribution in [3.8, 4) is 0 Å². The Bertz CT molecular complexity index is 499. The molecule has 0 aliphatic rings. The van der Waals surface area contributed by atoms with Crippen LogP contribution in [0.15, 0.2) is 18.2 Å². The molecular weight excluding hydrogens is 210 g/mol. The van der Waals surface area contributed by atoms with Gasteiger partial charge in [-0.25, -0.2) is 4.98 Å². The molecule has 0 fully saturated rings. The van der Waals surface area contributed by atoms with Gasteiger partial charge in [0.25, 0.3) is 0 Å². The molecule has 0 aliphatic carbocycles. The van der Waals surface area contributed by atoms with Crippen molar-refractivity contribution in [3.63, 3.8) is 0 Å². The molecule has 1 aromatic carbocycles. The maximum Gasteiger partial charge on any atom is 0.110 e. The highest BCUT2D eigenvalue weighted by Gasteiger charge is 2.07. The average molecular weight is 231 g/mol. The first kappa shape index (κ1) is 12.1. The normalized spacial score (nSPS) is 11.2. The summed E-state index contributed by atoms with van der Waals surface area (Å²) in [6, 6.07) is 6.57. The molecule has 0 saturated carbocycles. The van der Waals surface area contributed by atoms with Crippen LogP contribution in [0, 0.1) is 0 Å². The van der Waals surface area contributed by atoms with Gasteiger partial charge in [0.1, 0.15) is 5.82 Å². The van der Waals surface area contributed by atoms with Crippen LogP contribution in [-0.2, 0) is 19.9 Å². The largest absolute Gasteiger partial charge is 0.331 e. The number of aryl methyl sites for hydroxylation is 2. The number of nitrogens with zero attached hydrogens (tertiary/aromatic N) is 2. The first-order chi connectivity index (χ1) is 8.26. The third kappa shape index (κ3) is 2.50. The molecule has 0 spiro atoms. The number of nitrogens with one attached hydrogen (secondary N) is 1. The smallest absolute Gasteiger partial charge is 0.110 e. The lowest BCUT2D eigenvalue weighted by molar-refractivity contribution is 0.680. The van der Waals surface area contributed by atoms with E-state index in [4.69, 9.17) is 4.98 Å². The van der Waals surface area contributed by atoms with Crippen molar-refractivity contribution in [2.24, 2.45) is 7.05 Å². The predicted molar refractivity (Wildman–Crippen MR) is 72.3 cm³/mol. The van der Waals surface area contributed by atoms with Crippen molar-refractivity contribution in [3.05, 3.63) is 29.6 Å². The number of likely N-dealkylation sites (N-methyl/N-ethyl adjacent to an activating group) is 1. The van der Waals surface area contributed by atoms with E-state index in [2.05, 4.69) is 49.0 Å². The van der Waals surface area contributed by atoms with Crippen LogP contribution in [0.2, 0.25) is 0 Å². The van der Waals surface area contributed by atoms with Gasteiger partial charge in [-0.15, -0.1) is 0 Å². The molecule has 2 rings (SSSR count). The summed E-state index contributed by atoms with van der Waals surface area (Å²) in [6.07, 6.45) is 2.06. The molecule has 0 unspecified atom stereocenters. The molecule has 92 valence electrons. The highest BCUT2D eigenvalue weighted by molar-refractivity contribution is 5.76. The monoisotopic (exact) mass is 231 g/mol. The molecule has 1 N–H and O–H groups in total. The van der Waals surface area contributed by atoms with Crippen LogP contribution < -0.4 is 5.32 Å². The first-order valence-electron chi connectivity index (χ1n) is 6.41. The second kappa shape index (κ2) is 5.32. The van der Waals surface area contributed by atoms with Gasteiger partial charge in [-0.2, -0.15) is 0 Å². The molecule has 0 saturated heterocycles. The number of hydrogen-bond acceptors (Lipinski definition) is 2. The number of fused-ring (bicyclic) bond motifs is 1. The molecule has 1 heterocycles. The summed E-state index contributed by atoms with van der Waals surface area (Å²) in [6.45, 7) is 6.32. The van der Waals surface area contributed by atoms with Gasteiger partial charge in [0.2, 0.25) is 0 Å². The molecule has 0 aliphatic heterocycles. The topological polar surface area (TPSA) is 29.9 Å². The third-order valence-corrected chi connectivity index (χ3v) is 3.22. The van der Waals surface area contributed by atoms with E-state index in [0.29, 0.717) is 0 Å². The van der Waals surface area contributed by atoms with Crippen LogP contribution in [0.1, 0.15) is 25.2 Å². The highest BCUT2D eigenvalue weighted by atomic mass is 15.1. The lowest BCUT2D eigenvalue weighted by atomic mass is 10.1. The number of benzene rings is 1. The van der Waals surface area contributed by atoms with E-state index in [1.165, 1.54) is 11.1 Å². The Balaban J connectivity index is 2.28. The fraction of sp³-hybridized carbons (Fsp3) is 0.500. The molecule has 17 heavy (non-hydrogen) atoms. The van der Waals surface area contributed by atoms with E-state index in [1.54, 1.807) is 0 Å². The van der Waals surface area contributed by atoms with Crippen molar-refractivity contribution in [1.29, 1.82) is 0 Å². The Morgan fingerprint density at radius 3 is 2.82 bits per heavy atom. The maximum atomic E-state index is 4.72. The van der Waals surface area contributed by atoms with Gasteiger partial charge >= 0.3 is 0 Å². The Kier molecular flexibility index (Phi) is 3.79. The molecule has 0 amide bonds. The van der Waals surface area contributed by atoms with E-state index in [0.717, 1.165) is 37.3 Å². The predicted octanol–water partition coefficient (Wildman–Crippen LogP) is 2.29. The van der Waals surface area contributed by atoms with Crippen LogP contribution in [0.3, 0.4) is 0 Å². The third-order valence-electron chi connectivity index (χ3n) is 3.22. The van der Waals surface area contributed by atoms with Crippen molar-refractivity contribution >= 4 is 11.0 Å². The van der Waals surface area contributed by atoms with E-state index >= 15 is 0 Å². The molecule has 0 radical (unpaired) electrons. The van der Waals surface area contributed by atoms with Crippen LogP contribution in [-0.4, -0.2) is 22.6 Å². The summed E-state index contributed by atoms with van der Waals surface area (Å²) in [4.78, 5) is 4.72. The van der Waals surface area contributed by atoms with Gasteiger partial charge < -0.3 is 9.88 Å². The van der Waals surface area contributed by atoms with Crippen LogP contribution in [0.5, 0.6) is 0 Å². The van der Waals surface area contributed by atoms with Crippen LogP contribution in [0.25, 0.3) is 11.0 Å². The lowest BCUT2D eigenvalue weighted by Gasteiger charge is -2.02. The fourth-order valence-corrected chi connectivity index (χ4v) is 2.12. The van der Waals surface area contributed by atoms with Gasteiger partial charge in [0, 0.05) is 20.0 Å². The van der Waals surface area contributed by atoms with Gasteiger partial charge in [-0.3, -0.25) is 0 Å². The Morgan fingerprint density at radius 2 is 2.12 bits per heavy atom. The molecule has 3 heteroatoms. The summed E-state index contributed by atoms with van der Waals surface area (Å²) in [5.74, 6) is 1.16. The molecular formula is C14H21N3. The molecule has 0 bridgehead atoms. The zero-order valence-electron chi connectivity index (χ0n) is 11.0. The number of imidazole rings is 1. The SMILES string of the molecule is CCNCCc1nc2cc(CC)ccc2n1C. The van der Waals surface area contributed by atoms with E-state index < -0.39 is 0 Å². The zero-order valence-corrected chi connectivity index (χ0v) is 11.0. The Labute approximate surface area is 103 Å². The van der Waals surface area contributed by atoms with Crippen molar-refractivity contribution in [2.75, 3.05) is 13.1 Å². The molecule has 1 aromatic heterocycles. The Morgan fingerprint density at radius 1 is 1.29 bits per heavy atom. The van der Waals surface area contributed by atoms with Crippen LogP contribution >= 0.6 is 0 Å². The van der Waals surface area contributed by atoms with Gasteiger partial charge in [0.05, 0.1) is 11.0 Å². The quantitative estimate of drug-likeness (QED) is 0.800. The van der Waals surface area contributed by atoms with Crippen molar-refractivity contribution in [1.82, 2.24) is 14.9 Å². The van der Waals surface area contributed by atoms with Gasteiger partial charge in [-0.1, -0.05) is 19.9 Å². The summed E-state index contributed by atoms with van der Waals surface area (Å²) >= 11 is 0. The second-order valence-corrected chi connectivity index (χ2v) is 4.37. The minimum Gasteiger partial charge on any atom is -0.331 e.